The molecule has 4 rings (SSSR count). The summed E-state index contributed by atoms with van der Waals surface area (Å²) in [5.41, 5.74) is 4.53. The lowest BCUT2D eigenvalue weighted by atomic mass is 10.0. The van der Waals surface area contributed by atoms with Crippen LogP contribution in [-0.4, -0.2) is 32.3 Å². The summed E-state index contributed by atoms with van der Waals surface area (Å²) in [6.45, 7) is 2.67. The zero-order valence-electron chi connectivity index (χ0n) is 13.0. The molecule has 1 amide bonds. The number of amides is 1. The van der Waals surface area contributed by atoms with Gasteiger partial charge in [-0.05, 0) is 38.3 Å². The minimum Gasteiger partial charge on any atom is -0.340 e. The fourth-order valence-electron chi connectivity index (χ4n) is 3.23. The van der Waals surface area contributed by atoms with Gasteiger partial charge in [0.25, 0.3) is 5.91 Å². The second kappa shape index (κ2) is 5.77. The van der Waals surface area contributed by atoms with E-state index in [0.717, 1.165) is 53.2 Å². The summed E-state index contributed by atoms with van der Waals surface area (Å²) >= 11 is 1.42. The second-order valence-corrected chi connectivity index (χ2v) is 6.77. The van der Waals surface area contributed by atoms with Gasteiger partial charge in [-0.2, -0.15) is 0 Å². The maximum absolute atomic E-state index is 12.9. The number of carbonyl (C=O) groups excluding carboxylic acids is 1. The molecule has 23 heavy (non-hydrogen) atoms. The lowest BCUT2D eigenvalue weighted by Crippen LogP contribution is -2.38. The molecule has 0 radical (unpaired) electrons. The highest BCUT2D eigenvalue weighted by Crippen LogP contribution is 2.32. The van der Waals surface area contributed by atoms with Crippen molar-refractivity contribution in [3.05, 3.63) is 46.2 Å². The molecular formula is C17H18N4OS. The highest BCUT2D eigenvalue weighted by Gasteiger charge is 2.32. The molecule has 1 fully saturated rings. The van der Waals surface area contributed by atoms with Gasteiger partial charge < -0.3 is 9.88 Å². The Labute approximate surface area is 138 Å². The van der Waals surface area contributed by atoms with Crippen LogP contribution in [-0.2, 0) is 0 Å². The zero-order valence-corrected chi connectivity index (χ0v) is 13.8. The van der Waals surface area contributed by atoms with E-state index in [1.54, 1.807) is 5.51 Å². The summed E-state index contributed by atoms with van der Waals surface area (Å²) in [4.78, 5) is 28.0. The van der Waals surface area contributed by atoms with Crippen LogP contribution in [0, 0.1) is 6.92 Å². The SMILES string of the molecule is Cc1ncsc1C(=O)N1CCCC[C@@H]1c1nc2ccccc2[nH]1. The highest BCUT2D eigenvalue weighted by molar-refractivity contribution is 7.11. The number of aromatic nitrogens is 3. The topological polar surface area (TPSA) is 61.9 Å². The Morgan fingerprint density at radius 1 is 1.35 bits per heavy atom. The number of aryl methyl sites for hydroxylation is 1. The highest BCUT2D eigenvalue weighted by atomic mass is 32.1. The smallest absolute Gasteiger partial charge is 0.266 e. The number of rotatable bonds is 2. The lowest BCUT2D eigenvalue weighted by molar-refractivity contribution is 0.0605. The van der Waals surface area contributed by atoms with E-state index >= 15 is 0 Å². The van der Waals surface area contributed by atoms with E-state index in [1.165, 1.54) is 11.3 Å². The van der Waals surface area contributed by atoms with Crippen molar-refractivity contribution in [2.45, 2.75) is 32.2 Å². The standard InChI is InChI=1S/C17H18N4OS/c1-11-15(23-10-18-11)17(22)21-9-5-4-8-14(21)16-19-12-6-2-3-7-13(12)20-16/h2-3,6-7,10,14H,4-5,8-9H2,1H3,(H,19,20)/t14-/m1/s1. The molecule has 1 atom stereocenters. The number of fused-ring (bicyclic) bond motifs is 1. The molecule has 2 aromatic heterocycles. The number of imidazole rings is 1. The first kappa shape index (κ1) is 14.4. The molecule has 6 heteroatoms. The molecule has 1 aliphatic heterocycles. The second-order valence-electron chi connectivity index (χ2n) is 5.92. The van der Waals surface area contributed by atoms with Crippen molar-refractivity contribution in [1.82, 2.24) is 19.9 Å². The van der Waals surface area contributed by atoms with E-state index in [9.17, 15) is 4.79 Å². The molecule has 1 saturated heterocycles. The summed E-state index contributed by atoms with van der Waals surface area (Å²) < 4.78 is 0. The van der Waals surface area contributed by atoms with Gasteiger partial charge in [-0.1, -0.05) is 12.1 Å². The van der Waals surface area contributed by atoms with Crippen LogP contribution < -0.4 is 0 Å². The fraction of sp³-hybridized carbons (Fsp3) is 0.353. The number of hydrogen-bond donors (Lipinski definition) is 1. The van der Waals surface area contributed by atoms with Crippen molar-refractivity contribution >= 4 is 28.3 Å². The molecule has 0 bridgehead atoms. The number of para-hydroxylation sites is 2. The first-order valence-corrected chi connectivity index (χ1v) is 8.77. The monoisotopic (exact) mass is 326 g/mol. The third-order valence-corrected chi connectivity index (χ3v) is 5.34. The van der Waals surface area contributed by atoms with Crippen LogP contribution in [0.4, 0.5) is 0 Å². The fourth-order valence-corrected chi connectivity index (χ4v) is 3.98. The van der Waals surface area contributed by atoms with Crippen LogP contribution in [0.1, 0.15) is 46.5 Å². The number of carbonyl (C=O) groups is 1. The van der Waals surface area contributed by atoms with E-state index < -0.39 is 0 Å². The number of nitrogens with one attached hydrogen (secondary N) is 1. The van der Waals surface area contributed by atoms with Gasteiger partial charge in [-0.25, -0.2) is 9.97 Å². The third kappa shape index (κ3) is 2.53. The van der Waals surface area contributed by atoms with Crippen molar-refractivity contribution in [2.75, 3.05) is 6.54 Å². The van der Waals surface area contributed by atoms with E-state index in [-0.39, 0.29) is 11.9 Å². The van der Waals surface area contributed by atoms with Gasteiger partial charge in [0.2, 0.25) is 0 Å². The molecule has 118 valence electrons. The Bertz CT molecular complexity index is 820. The first-order chi connectivity index (χ1) is 11.2. The van der Waals surface area contributed by atoms with Crippen LogP contribution in [0.3, 0.4) is 0 Å². The quantitative estimate of drug-likeness (QED) is 0.781. The van der Waals surface area contributed by atoms with Crippen LogP contribution in [0.5, 0.6) is 0 Å². The van der Waals surface area contributed by atoms with E-state index in [1.807, 2.05) is 36.1 Å². The van der Waals surface area contributed by atoms with Crippen molar-refractivity contribution < 1.29 is 4.79 Å². The van der Waals surface area contributed by atoms with Gasteiger partial charge in [0.1, 0.15) is 10.7 Å². The van der Waals surface area contributed by atoms with Crippen LogP contribution in [0.2, 0.25) is 0 Å². The van der Waals surface area contributed by atoms with Crippen molar-refractivity contribution in [2.24, 2.45) is 0 Å². The largest absolute Gasteiger partial charge is 0.340 e. The summed E-state index contributed by atoms with van der Waals surface area (Å²) in [5, 5.41) is 0. The average molecular weight is 326 g/mol. The predicted octanol–water partition coefficient (Wildman–Crippen LogP) is 3.70. The summed E-state index contributed by atoms with van der Waals surface area (Å²) in [6.07, 6.45) is 3.11. The zero-order chi connectivity index (χ0) is 15.8. The van der Waals surface area contributed by atoms with E-state index in [4.69, 9.17) is 4.98 Å². The number of likely N-dealkylation sites (tertiary alicyclic amines) is 1. The van der Waals surface area contributed by atoms with Crippen molar-refractivity contribution in [3.8, 4) is 0 Å². The molecule has 0 saturated carbocycles. The molecule has 3 heterocycles. The Morgan fingerprint density at radius 2 is 2.22 bits per heavy atom. The molecular weight excluding hydrogens is 308 g/mol. The molecule has 1 aliphatic rings. The van der Waals surface area contributed by atoms with E-state index in [2.05, 4.69) is 9.97 Å². The number of nitrogens with zero attached hydrogens (tertiary/aromatic N) is 3. The van der Waals surface area contributed by atoms with Gasteiger partial charge in [0.15, 0.2) is 0 Å². The molecule has 5 nitrogen and oxygen atoms in total. The van der Waals surface area contributed by atoms with Crippen LogP contribution in [0.15, 0.2) is 29.8 Å². The lowest BCUT2D eigenvalue weighted by Gasteiger charge is -2.34. The Balaban J connectivity index is 1.70. The number of H-pyrrole nitrogens is 1. The summed E-state index contributed by atoms with van der Waals surface area (Å²) in [6, 6.07) is 8.02. The summed E-state index contributed by atoms with van der Waals surface area (Å²) in [7, 11) is 0. The molecule has 0 unspecified atom stereocenters. The van der Waals surface area contributed by atoms with Gasteiger partial charge >= 0.3 is 0 Å². The molecule has 3 aromatic rings. The molecule has 0 aliphatic carbocycles. The Kier molecular flexibility index (Phi) is 3.61. The van der Waals surface area contributed by atoms with Gasteiger partial charge in [0.05, 0.1) is 28.3 Å². The maximum atomic E-state index is 12.9. The normalized spacial score (nSPS) is 18.5. The number of hydrogen-bond acceptors (Lipinski definition) is 4. The average Bonchev–Trinajstić information content (AvgIpc) is 3.20. The Hall–Kier alpha value is -2.21. The van der Waals surface area contributed by atoms with Gasteiger partial charge in [0, 0.05) is 6.54 Å². The van der Waals surface area contributed by atoms with Gasteiger partial charge in [-0.3, -0.25) is 4.79 Å². The first-order valence-electron chi connectivity index (χ1n) is 7.90. The molecule has 1 N–H and O–H groups in total. The van der Waals surface area contributed by atoms with Crippen LogP contribution in [0.25, 0.3) is 11.0 Å². The Morgan fingerprint density at radius 3 is 3.00 bits per heavy atom. The summed E-state index contributed by atoms with van der Waals surface area (Å²) in [5.74, 6) is 0.969. The van der Waals surface area contributed by atoms with E-state index in [0.29, 0.717) is 0 Å². The van der Waals surface area contributed by atoms with Crippen molar-refractivity contribution in [1.29, 1.82) is 0 Å². The number of aromatic amines is 1. The van der Waals surface area contributed by atoms with Crippen LogP contribution >= 0.6 is 11.3 Å². The molecule has 0 spiro atoms. The van der Waals surface area contributed by atoms with Gasteiger partial charge in [-0.15, -0.1) is 11.3 Å². The van der Waals surface area contributed by atoms with Crippen molar-refractivity contribution in [3.63, 3.8) is 0 Å². The number of benzene rings is 1. The maximum Gasteiger partial charge on any atom is 0.266 e. The minimum absolute atomic E-state index is 0.0187. The number of piperidine rings is 1. The minimum atomic E-state index is 0.0187. The molecule has 1 aromatic carbocycles. The number of thiazole rings is 1. The third-order valence-electron chi connectivity index (χ3n) is 4.43. The predicted molar refractivity (Wildman–Crippen MR) is 90.6 cm³/mol.